The van der Waals surface area contributed by atoms with Gasteiger partial charge in [0.15, 0.2) is 6.61 Å². The van der Waals surface area contributed by atoms with Crippen molar-refractivity contribution in [2.45, 2.75) is 59.8 Å². The van der Waals surface area contributed by atoms with Gasteiger partial charge in [0.05, 0.1) is 36.9 Å². The van der Waals surface area contributed by atoms with Crippen LogP contribution >= 0.6 is 0 Å². The maximum absolute atomic E-state index is 13.1. The Bertz CT molecular complexity index is 906. The van der Waals surface area contributed by atoms with Crippen LogP contribution in [-0.4, -0.2) is 44.3 Å². The molecule has 186 valence electrons. The van der Waals surface area contributed by atoms with Crippen LogP contribution in [0.5, 0.6) is 5.75 Å². The zero-order chi connectivity index (χ0) is 25.1. The molecule has 0 amide bonds. The lowest BCUT2D eigenvalue weighted by Crippen LogP contribution is -2.33. The minimum absolute atomic E-state index is 0.252. The van der Waals surface area contributed by atoms with Gasteiger partial charge in [-0.1, -0.05) is 39.0 Å². The first-order valence-electron chi connectivity index (χ1n) is 11.8. The van der Waals surface area contributed by atoms with Crippen molar-refractivity contribution in [2.75, 3.05) is 26.4 Å². The van der Waals surface area contributed by atoms with Gasteiger partial charge in [-0.25, -0.2) is 14.4 Å². The third kappa shape index (κ3) is 6.85. The molecule has 1 aromatic carbocycles. The van der Waals surface area contributed by atoms with E-state index >= 15 is 0 Å². The van der Waals surface area contributed by atoms with E-state index < -0.39 is 23.8 Å². The molecule has 1 aliphatic rings. The number of benzene rings is 1. The Morgan fingerprint density at radius 1 is 0.794 bits per heavy atom. The number of hydrogen-bond donors (Lipinski definition) is 1. The van der Waals surface area contributed by atoms with Gasteiger partial charge >= 0.3 is 17.9 Å². The first-order valence-corrected chi connectivity index (χ1v) is 11.8. The molecule has 0 radical (unpaired) electrons. The van der Waals surface area contributed by atoms with E-state index in [9.17, 15) is 14.4 Å². The molecule has 0 unspecified atom stereocenters. The van der Waals surface area contributed by atoms with E-state index in [1.807, 2.05) is 20.8 Å². The molecule has 0 bridgehead atoms. The second-order valence-corrected chi connectivity index (χ2v) is 7.95. The number of nitrogens with one attached hydrogen (secondary N) is 1. The number of rotatable bonds is 12. The van der Waals surface area contributed by atoms with Crippen molar-refractivity contribution in [3.05, 3.63) is 52.4 Å². The number of carbonyl (C=O) groups is 3. The van der Waals surface area contributed by atoms with Crippen molar-refractivity contribution in [3.8, 4) is 5.75 Å². The van der Waals surface area contributed by atoms with Gasteiger partial charge in [-0.3, -0.25) is 0 Å². The zero-order valence-corrected chi connectivity index (χ0v) is 20.7. The van der Waals surface area contributed by atoms with Crippen molar-refractivity contribution >= 4 is 17.9 Å². The summed E-state index contributed by atoms with van der Waals surface area (Å²) in [5.41, 5.74) is 2.30. The van der Waals surface area contributed by atoms with E-state index in [1.54, 1.807) is 38.1 Å². The highest BCUT2D eigenvalue weighted by Crippen LogP contribution is 2.42. The van der Waals surface area contributed by atoms with Gasteiger partial charge < -0.3 is 24.3 Å². The standard InChI is InChI=1S/C26H35NO7/c1-6-13-31-21(28)16-34-20-12-10-9-11-19(20)24-22(25(29)32-14-7-2)17(4)27-18(5)23(24)26(30)33-15-8-3/h9-12,24,27H,6-8,13-16H2,1-5H3. The fraction of sp³-hybridized carbons (Fsp3) is 0.500. The number of ether oxygens (including phenoxy) is 4. The lowest BCUT2D eigenvalue weighted by molar-refractivity contribution is -0.146. The normalized spacial score (nSPS) is 13.9. The summed E-state index contributed by atoms with van der Waals surface area (Å²) in [6, 6.07) is 7.01. The Labute approximate surface area is 201 Å². The number of carbonyl (C=O) groups excluding carboxylic acids is 3. The molecule has 2 rings (SSSR count). The average Bonchev–Trinajstić information content (AvgIpc) is 2.82. The van der Waals surface area contributed by atoms with Crippen molar-refractivity contribution in [1.29, 1.82) is 0 Å². The molecule has 1 aliphatic heterocycles. The van der Waals surface area contributed by atoms with Gasteiger partial charge in [-0.2, -0.15) is 0 Å². The zero-order valence-electron chi connectivity index (χ0n) is 20.7. The van der Waals surface area contributed by atoms with Crippen molar-refractivity contribution < 1.29 is 33.3 Å². The van der Waals surface area contributed by atoms with Gasteiger partial charge in [0.1, 0.15) is 5.75 Å². The van der Waals surface area contributed by atoms with Crippen LogP contribution in [-0.2, 0) is 28.6 Å². The molecule has 1 N–H and O–H groups in total. The smallest absolute Gasteiger partial charge is 0.344 e. The first kappa shape index (κ1) is 27.0. The number of para-hydroxylation sites is 1. The molecule has 34 heavy (non-hydrogen) atoms. The van der Waals surface area contributed by atoms with Gasteiger partial charge in [-0.15, -0.1) is 0 Å². The van der Waals surface area contributed by atoms with Crippen LogP contribution in [0.2, 0.25) is 0 Å². The van der Waals surface area contributed by atoms with Crippen molar-refractivity contribution in [1.82, 2.24) is 5.32 Å². The highest BCUT2D eigenvalue weighted by molar-refractivity contribution is 6.00. The Morgan fingerprint density at radius 2 is 1.29 bits per heavy atom. The average molecular weight is 474 g/mol. The van der Waals surface area contributed by atoms with Crippen molar-refractivity contribution in [3.63, 3.8) is 0 Å². The van der Waals surface area contributed by atoms with E-state index in [4.69, 9.17) is 18.9 Å². The maximum atomic E-state index is 13.1. The van der Waals surface area contributed by atoms with Crippen molar-refractivity contribution in [2.24, 2.45) is 0 Å². The minimum atomic E-state index is -0.794. The van der Waals surface area contributed by atoms with E-state index in [1.165, 1.54) is 0 Å². The molecule has 0 fully saturated rings. The third-order valence-electron chi connectivity index (χ3n) is 5.12. The molecule has 0 atom stereocenters. The Balaban J connectivity index is 2.53. The second kappa shape index (κ2) is 13.4. The molecule has 1 aromatic rings. The Morgan fingerprint density at radius 3 is 1.82 bits per heavy atom. The summed E-state index contributed by atoms with van der Waals surface area (Å²) in [6.07, 6.45) is 2.03. The number of dihydropyridines is 1. The SMILES string of the molecule is CCCOC(=O)COc1ccccc1C1C(C(=O)OCCC)=C(C)NC(C)=C1C(=O)OCCC. The molecule has 0 saturated heterocycles. The summed E-state index contributed by atoms with van der Waals surface area (Å²) in [5.74, 6) is -1.97. The summed E-state index contributed by atoms with van der Waals surface area (Å²) in [6.45, 7) is 9.76. The molecule has 0 spiro atoms. The molecule has 8 nitrogen and oxygen atoms in total. The fourth-order valence-corrected chi connectivity index (χ4v) is 3.64. The van der Waals surface area contributed by atoms with Crippen LogP contribution in [0.1, 0.15) is 65.4 Å². The van der Waals surface area contributed by atoms with Crippen LogP contribution in [0, 0.1) is 0 Å². The van der Waals surface area contributed by atoms with Gasteiger partial charge in [0.2, 0.25) is 0 Å². The molecule has 8 heteroatoms. The van der Waals surface area contributed by atoms with E-state index in [0.29, 0.717) is 59.7 Å². The van der Waals surface area contributed by atoms with Crippen LogP contribution in [0.4, 0.5) is 0 Å². The summed E-state index contributed by atoms with van der Waals surface area (Å²) in [7, 11) is 0. The van der Waals surface area contributed by atoms with Gasteiger partial charge in [-0.05, 0) is 39.2 Å². The largest absolute Gasteiger partial charge is 0.482 e. The first-order chi connectivity index (χ1) is 16.3. The molecular weight excluding hydrogens is 438 g/mol. The molecule has 0 aliphatic carbocycles. The summed E-state index contributed by atoms with van der Waals surface area (Å²) < 4.78 is 21.8. The van der Waals surface area contributed by atoms with Crippen LogP contribution in [0.15, 0.2) is 46.8 Å². The predicted octanol–water partition coefficient (Wildman–Crippen LogP) is 4.16. The summed E-state index contributed by atoms with van der Waals surface area (Å²) in [5, 5.41) is 3.13. The second-order valence-electron chi connectivity index (χ2n) is 7.95. The monoisotopic (exact) mass is 473 g/mol. The Kier molecular flexibility index (Phi) is 10.6. The fourth-order valence-electron chi connectivity index (χ4n) is 3.64. The molecular formula is C26H35NO7. The lowest BCUT2D eigenvalue weighted by Gasteiger charge is -2.31. The summed E-state index contributed by atoms with van der Waals surface area (Å²) >= 11 is 0. The topological polar surface area (TPSA) is 100 Å². The van der Waals surface area contributed by atoms with E-state index in [0.717, 1.165) is 0 Å². The highest BCUT2D eigenvalue weighted by atomic mass is 16.6. The number of allylic oxidation sites excluding steroid dienone is 2. The van der Waals surface area contributed by atoms with Crippen LogP contribution in [0.25, 0.3) is 0 Å². The molecule has 0 aromatic heterocycles. The van der Waals surface area contributed by atoms with Crippen LogP contribution in [0.3, 0.4) is 0 Å². The highest BCUT2D eigenvalue weighted by Gasteiger charge is 2.39. The molecule has 1 heterocycles. The Hall–Kier alpha value is -3.29. The minimum Gasteiger partial charge on any atom is -0.482 e. The summed E-state index contributed by atoms with van der Waals surface area (Å²) in [4.78, 5) is 38.3. The van der Waals surface area contributed by atoms with Gasteiger partial charge in [0, 0.05) is 17.0 Å². The molecule has 0 saturated carbocycles. The van der Waals surface area contributed by atoms with Crippen LogP contribution < -0.4 is 10.1 Å². The lowest BCUT2D eigenvalue weighted by atomic mass is 9.80. The van der Waals surface area contributed by atoms with Gasteiger partial charge in [0.25, 0.3) is 0 Å². The van der Waals surface area contributed by atoms with E-state index in [-0.39, 0.29) is 19.8 Å². The number of hydrogen-bond acceptors (Lipinski definition) is 8. The van der Waals surface area contributed by atoms with E-state index in [2.05, 4.69) is 5.32 Å². The number of esters is 3. The predicted molar refractivity (Wildman–Crippen MR) is 127 cm³/mol. The maximum Gasteiger partial charge on any atom is 0.344 e. The third-order valence-corrected chi connectivity index (χ3v) is 5.12. The quantitative estimate of drug-likeness (QED) is 0.357.